The van der Waals surface area contributed by atoms with Gasteiger partial charge >= 0.3 is 0 Å². The van der Waals surface area contributed by atoms with Crippen LogP contribution in [0.2, 0.25) is 0 Å². The highest BCUT2D eigenvalue weighted by Gasteiger charge is 2.26. The second kappa shape index (κ2) is 9.90. The summed E-state index contributed by atoms with van der Waals surface area (Å²) in [5.74, 6) is 1.46. The molecule has 1 N–H and O–H groups in total. The van der Waals surface area contributed by atoms with Crippen LogP contribution < -0.4 is 20.5 Å². The van der Waals surface area contributed by atoms with Crippen LogP contribution in [0.1, 0.15) is 27.2 Å². The minimum atomic E-state index is -0.177. The zero-order chi connectivity index (χ0) is 24.3. The maximum Gasteiger partial charge on any atom is 0.267 e. The predicted molar refractivity (Wildman–Crippen MR) is 132 cm³/mol. The highest BCUT2D eigenvalue weighted by Crippen LogP contribution is 2.33. The van der Waals surface area contributed by atoms with Crippen LogP contribution >= 0.6 is 0 Å². The summed E-state index contributed by atoms with van der Waals surface area (Å²) in [4.78, 5) is 14.3. The Bertz CT molecular complexity index is 1190. The van der Waals surface area contributed by atoms with E-state index in [2.05, 4.69) is 46.3 Å². The van der Waals surface area contributed by atoms with E-state index in [1.165, 1.54) is 4.68 Å². The number of hydrogen-bond donors (Lipinski definition) is 1. The number of hydrogen-bond acceptors (Lipinski definition) is 8. The van der Waals surface area contributed by atoms with Crippen molar-refractivity contribution in [2.75, 3.05) is 31.9 Å². The number of benzene rings is 1. The molecule has 0 radical (unpaired) electrons. The summed E-state index contributed by atoms with van der Waals surface area (Å²) in [6.45, 7) is 8.51. The van der Waals surface area contributed by atoms with Crippen molar-refractivity contribution in [2.24, 2.45) is 7.05 Å². The first-order chi connectivity index (χ1) is 16.2. The van der Waals surface area contributed by atoms with Gasteiger partial charge in [-0.25, -0.2) is 4.68 Å². The molecule has 9 heteroatoms. The summed E-state index contributed by atoms with van der Waals surface area (Å²) < 4.78 is 12.2. The van der Waals surface area contributed by atoms with Gasteiger partial charge in [-0.05, 0) is 57.0 Å². The molecular weight excluding hydrogens is 432 g/mol. The van der Waals surface area contributed by atoms with Gasteiger partial charge in [0.2, 0.25) is 0 Å². The van der Waals surface area contributed by atoms with E-state index >= 15 is 0 Å². The Kier molecular flexibility index (Phi) is 6.95. The molecule has 0 unspecified atom stereocenters. The van der Waals surface area contributed by atoms with Gasteiger partial charge in [0.15, 0.2) is 12.6 Å². The third-order valence-corrected chi connectivity index (χ3v) is 5.69. The van der Waals surface area contributed by atoms with E-state index in [0.717, 1.165) is 36.5 Å². The Morgan fingerprint density at radius 1 is 1.12 bits per heavy atom. The lowest BCUT2D eigenvalue weighted by Crippen LogP contribution is -2.45. The van der Waals surface area contributed by atoms with Crippen molar-refractivity contribution < 1.29 is 9.47 Å². The van der Waals surface area contributed by atoms with E-state index in [4.69, 9.17) is 9.47 Å². The van der Waals surface area contributed by atoms with Gasteiger partial charge in [0, 0.05) is 56.0 Å². The van der Waals surface area contributed by atoms with Crippen molar-refractivity contribution in [3.8, 4) is 28.1 Å². The van der Waals surface area contributed by atoms with E-state index in [1.54, 1.807) is 26.4 Å². The van der Waals surface area contributed by atoms with Gasteiger partial charge in [0.25, 0.3) is 5.56 Å². The fourth-order valence-electron chi connectivity index (χ4n) is 4.12. The number of nitrogens with one attached hydrogen (secondary N) is 1. The van der Waals surface area contributed by atoms with Crippen LogP contribution in [-0.4, -0.2) is 58.6 Å². The van der Waals surface area contributed by atoms with E-state index in [1.807, 2.05) is 30.3 Å². The smallest absolute Gasteiger partial charge is 0.267 e. The first-order valence-electron chi connectivity index (χ1n) is 11.4. The van der Waals surface area contributed by atoms with Crippen LogP contribution in [0, 0.1) is 0 Å². The lowest BCUT2D eigenvalue weighted by atomic mass is 10.0. The van der Waals surface area contributed by atoms with Crippen molar-refractivity contribution in [1.82, 2.24) is 25.3 Å². The van der Waals surface area contributed by atoms with Crippen molar-refractivity contribution in [3.63, 3.8) is 0 Å². The maximum absolute atomic E-state index is 12.0. The first-order valence-corrected chi connectivity index (χ1v) is 11.4. The van der Waals surface area contributed by atoms with Gasteiger partial charge in [-0.3, -0.25) is 4.79 Å². The Morgan fingerprint density at radius 2 is 1.94 bits per heavy atom. The Hall–Kier alpha value is -3.30. The molecule has 34 heavy (non-hydrogen) atoms. The summed E-state index contributed by atoms with van der Waals surface area (Å²) in [7, 11) is 3.19. The van der Waals surface area contributed by atoms with Crippen molar-refractivity contribution in [2.45, 2.75) is 38.8 Å². The van der Waals surface area contributed by atoms with Crippen molar-refractivity contribution in [3.05, 3.63) is 52.9 Å². The fourth-order valence-corrected chi connectivity index (χ4v) is 4.12. The third kappa shape index (κ3) is 5.60. The van der Waals surface area contributed by atoms with E-state index in [0.29, 0.717) is 23.0 Å². The third-order valence-electron chi connectivity index (χ3n) is 5.69. The molecule has 1 atom stereocenters. The van der Waals surface area contributed by atoms with Crippen molar-refractivity contribution >= 4 is 5.82 Å². The van der Waals surface area contributed by atoms with Gasteiger partial charge in [-0.15, -0.1) is 10.2 Å². The quantitative estimate of drug-likeness (QED) is 0.534. The Morgan fingerprint density at radius 3 is 2.62 bits per heavy atom. The minimum absolute atomic E-state index is 0.0870. The molecule has 0 bridgehead atoms. The summed E-state index contributed by atoms with van der Waals surface area (Å²) in [6, 6.07) is 11.7. The lowest BCUT2D eigenvalue weighted by molar-refractivity contribution is 0.0515. The van der Waals surface area contributed by atoms with Crippen LogP contribution in [0.5, 0.6) is 5.75 Å². The molecule has 1 aliphatic heterocycles. The number of rotatable bonds is 7. The summed E-state index contributed by atoms with van der Waals surface area (Å²) in [5, 5.41) is 16.8. The number of nitrogens with zero attached hydrogens (tertiary/aromatic N) is 5. The molecule has 9 nitrogen and oxygen atoms in total. The zero-order valence-corrected chi connectivity index (χ0v) is 20.4. The van der Waals surface area contributed by atoms with E-state index < -0.39 is 0 Å². The zero-order valence-electron chi connectivity index (χ0n) is 20.4. The van der Waals surface area contributed by atoms with Gasteiger partial charge < -0.3 is 19.7 Å². The standard InChI is InChI=1S/C25H32N6O3/c1-25(2,3)27-19-10-11-31(15-19)23-9-8-21(28-29-23)20-7-6-17(12-22(20)34-16-33-5)18-13-24(32)30(4)26-14-18/h6-9,12-14,19,27H,10-11,15-16H2,1-5H3/t19-/m0/s1. The summed E-state index contributed by atoms with van der Waals surface area (Å²) >= 11 is 0. The molecule has 180 valence electrons. The van der Waals surface area contributed by atoms with Gasteiger partial charge in [-0.1, -0.05) is 6.07 Å². The van der Waals surface area contributed by atoms with Gasteiger partial charge in [0.05, 0.1) is 11.9 Å². The summed E-state index contributed by atoms with van der Waals surface area (Å²) in [5.41, 5.74) is 2.94. The number of anilines is 1. The second-order valence-electron chi connectivity index (χ2n) is 9.57. The van der Waals surface area contributed by atoms with E-state index in [-0.39, 0.29) is 17.9 Å². The van der Waals surface area contributed by atoms with Crippen LogP contribution in [0.3, 0.4) is 0 Å². The lowest BCUT2D eigenvalue weighted by Gasteiger charge is -2.26. The molecular formula is C25H32N6O3. The number of aromatic nitrogens is 4. The van der Waals surface area contributed by atoms with Gasteiger partial charge in [0.1, 0.15) is 5.75 Å². The molecule has 0 aliphatic carbocycles. The summed E-state index contributed by atoms with van der Waals surface area (Å²) in [6.07, 6.45) is 2.73. The van der Waals surface area contributed by atoms with Gasteiger partial charge in [-0.2, -0.15) is 5.10 Å². The molecule has 4 rings (SSSR count). The average molecular weight is 465 g/mol. The average Bonchev–Trinajstić information content (AvgIpc) is 3.26. The first kappa shape index (κ1) is 23.8. The maximum atomic E-state index is 12.0. The molecule has 1 aliphatic rings. The molecule has 0 amide bonds. The molecule has 2 aromatic heterocycles. The fraction of sp³-hybridized carbons (Fsp3) is 0.440. The van der Waals surface area contributed by atoms with Crippen LogP contribution in [0.15, 0.2) is 47.4 Å². The molecule has 3 heterocycles. The molecule has 1 aromatic carbocycles. The molecule has 0 spiro atoms. The Balaban J connectivity index is 1.57. The Labute approximate surface area is 199 Å². The van der Waals surface area contributed by atoms with Crippen molar-refractivity contribution in [1.29, 1.82) is 0 Å². The molecule has 0 saturated carbocycles. The highest BCUT2D eigenvalue weighted by molar-refractivity contribution is 5.74. The molecule has 1 fully saturated rings. The number of ether oxygens (including phenoxy) is 2. The monoisotopic (exact) mass is 464 g/mol. The topological polar surface area (TPSA) is 94.4 Å². The normalized spacial score (nSPS) is 16.1. The van der Waals surface area contributed by atoms with Crippen LogP contribution in [-0.2, 0) is 11.8 Å². The predicted octanol–water partition coefficient (Wildman–Crippen LogP) is 2.85. The second-order valence-corrected chi connectivity index (χ2v) is 9.57. The number of aryl methyl sites for hydroxylation is 1. The van der Waals surface area contributed by atoms with E-state index in [9.17, 15) is 4.79 Å². The SMILES string of the molecule is COCOc1cc(-c2cnn(C)c(=O)c2)ccc1-c1ccc(N2CC[C@H](NC(C)(C)C)C2)nn1. The number of methoxy groups -OCH3 is 1. The van der Waals surface area contributed by atoms with Crippen LogP contribution in [0.4, 0.5) is 5.82 Å². The highest BCUT2D eigenvalue weighted by atomic mass is 16.7. The van der Waals surface area contributed by atoms with Crippen LogP contribution in [0.25, 0.3) is 22.4 Å². The molecule has 3 aromatic rings. The minimum Gasteiger partial charge on any atom is -0.467 e. The largest absolute Gasteiger partial charge is 0.467 e. The molecule has 1 saturated heterocycles.